The molecule has 1 radical (unpaired) electrons. The Morgan fingerprint density at radius 1 is 1.21 bits per heavy atom. The molecule has 0 unspecified atom stereocenters. The second kappa shape index (κ2) is 4.45. The quantitative estimate of drug-likeness (QED) is 0.653. The molecule has 0 fully saturated rings. The first-order valence-electron chi connectivity index (χ1n) is 5.60. The van der Waals surface area contributed by atoms with E-state index in [9.17, 15) is 0 Å². The molecule has 1 aliphatic carbocycles. The molecule has 0 saturated heterocycles. The van der Waals surface area contributed by atoms with Crippen molar-refractivity contribution in [1.82, 2.24) is 0 Å². The van der Waals surface area contributed by atoms with Crippen molar-refractivity contribution in [2.24, 2.45) is 0 Å². The van der Waals surface area contributed by atoms with Crippen molar-refractivity contribution in [3.63, 3.8) is 0 Å². The minimum absolute atomic E-state index is 1.10. The van der Waals surface area contributed by atoms with Crippen LogP contribution in [0, 0.1) is 6.08 Å². The van der Waals surface area contributed by atoms with Gasteiger partial charge in [-0.25, -0.2) is 0 Å². The number of allylic oxidation sites excluding steroid dienone is 2. The van der Waals surface area contributed by atoms with E-state index in [-0.39, 0.29) is 0 Å². The number of aryl methyl sites for hydroxylation is 1. The van der Waals surface area contributed by atoms with Crippen molar-refractivity contribution < 1.29 is 0 Å². The summed E-state index contributed by atoms with van der Waals surface area (Å²) in [6.45, 7) is 2.21. The first kappa shape index (κ1) is 9.51. The topological polar surface area (TPSA) is 0 Å². The third-order valence-corrected chi connectivity index (χ3v) is 2.80. The Kier molecular flexibility index (Phi) is 3.03. The molecule has 0 aliphatic heterocycles. The van der Waals surface area contributed by atoms with E-state index in [0.29, 0.717) is 0 Å². The molecule has 0 nitrogen and oxygen atoms in total. The van der Waals surface area contributed by atoms with Gasteiger partial charge in [0.25, 0.3) is 0 Å². The molecule has 1 aromatic rings. The smallest absolute Gasteiger partial charge is 0.0190 e. The lowest BCUT2D eigenvalue weighted by atomic mass is 9.87. The van der Waals surface area contributed by atoms with Crippen LogP contribution in [0.5, 0.6) is 0 Å². The van der Waals surface area contributed by atoms with Gasteiger partial charge < -0.3 is 0 Å². The number of rotatable bonds is 2. The summed E-state index contributed by atoms with van der Waals surface area (Å²) in [5, 5.41) is 0. The summed E-state index contributed by atoms with van der Waals surface area (Å²) in [6.07, 6.45) is 9.60. The van der Waals surface area contributed by atoms with E-state index in [1.807, 2.05) is 0 Å². The fourth-order valence-corrected chi connectivity index (χ4v) is 2.08. The number of fused-ring (bicyclic) bond motifs is 1. The van der Waals surface area contributed by atoms with Gasteiger partial charge in [0, 0.05) is 0 Å². The summed E-state index contributed by atoms with van der Waals surface area (Å²) in [6, 6.07) is 8.77. The van der Waals surface area contributed by atoms with Gasteiger partial charge in [0.05, 0.1) is 0 Å². The molecule has 0 spiro atoms. The highest BCUT2D eigenvalue weighted by Crippen LogP contribution is 2.30. The molecule has 14 heavy (non-hydrogen) atoms. The summed E-state index contributed by atoms with van der Waals surface area (Å²) >= 11 is 0. The maximum atomic E-state index is 3.54. The van der Waals surface area contributed by atoms with Crippen molar-refractivity contribution in [3.05, 3.63) is 41.5 Å². The standard InChI is InChI=1S/C14H17/c1-2-3-7-12-9-6-10-13-8-4-5-11-14(12)13/h4-5,8,11H,2-3,6,9-10H2,1H3. The Hall–Kier alpha value is -1.04. The molecule has 0 heterocycles. The van der Waals surface area contributed by atoms with E-state index in [4.69, 9.17) is 0 Å². The zero-order valence-corrected chi connectivity index (χ0v) is 8.84. The fourth-order valence-electron chi connectivity index (χ4n) is 2.08. The molecule has 2 rings (SSSR count). The van der Waals surface area contributed by atoms with E-state index >= 15 is 0 Å². The summed E-state index contributed by atoms with van der Waals surface area (Å²) < 4.78 is 0. The summed E-state index contributed by atoms with van der Waals surface area (Å²) in [7, 11) is 0. The molecular formula is C14H17. The van der Waals surface area contributed by atoms with Crippen LogP contribution in [-0.4, -0.2) is 0 Å². The van der Waals surface area contributed by atoms with Crippen molar-refractivity contribution in [2.75, 3.05) is 0 Å². The molecule has 0 aromatic heterocycles. The molecule has 0 amide bonds. The third-order valence-electron chi connectivity index (χ3n) is 2.80. The Morgan fingerprint density at radius 3 is 2.93 bits per heavy atom. The van der Waals surface area contributed by atoms with Crippen LogP contribution >= 0.6 is 0 Å². The van der Waals surface area contributed by atoms with Gasteiger partial charge in [-0.3, -0.25) is 0 Å². The number of hydrogen-bond donors (Lipinski definition) is 0. The van der Waals surface area contributed by atoms with Crippen molar-refractivity contribution in [2.45, 2.75) is 39.0 Å². The molecule has 73 valence electrons. The second-order valence-corrected chi connectivity index (χ2v) is 3.92. The number of hydrogen-bond acceptors (Lipinski definition) is 0. The highest BCUT2D eigenvalue weighted by atomic mass is 14.2. The lowest BCUT2D eigenvalue weighted by molar-refractivity contribution is 0.813. The van der Waals surface area contributed by atoms with Gasteiger partial charge in [-0.15, -0.1) is 0 Å². The molecule has 0 atom stereocenters. The zero-order valence-electron chi connectivity index (χ0n) is 8.84. The van der Waals surface area contributed by atoms with Crippen LogP contribution in [0.2, 0.25) is 0 Å². The summed E-state index contributed by atoms with van der Waals surface area (Å²) in [4.78, 5) is 0. The molecule has 0 bridgehead atoms. The number of benzene rings is 1. The third kappa shape index (κ3) is 1.89. The Morgan fingerprint density at radius 2 is 2.07 bits per heavy atom. The van der Waals surface area contributed by atoms with Crippen LogP contribution in [0.15, 0.2) is 24.3 Å². The largest absolute Gasteiger partial charge is 0.0651 e. The predicted octanol–water partition coefficient (Wildman–Crippen LogP) is 4.01. The second-order valence-electron chi connectivity index (χ2n) is 3.92. The molecule has 1 aliphatic rings. The maximum Gasteiger partial charge on any atom is -0.0190 e. The minimum Gasteiger partial charge on any atom is -0.0651 e. The van der Waals surface area contributed by atoms with Crippen LogP contribution in [-0.2, 0) is 6.42 Å². The Balaban J connectivity index is 2.31. The average molecular weight is 185 g/mol. The van der Waals surface area contributed by atoms with E-state index in [0.717, 1.165) is 6.42 Å². The van der Waals surface area contributed by atoms with E-state index in [1.165, 1.54) is 42.4 Å². The Labute approximate surface area is 86.7 Å². The minimum atomic E-state index is 1.10. The van der Waals surface area contributed by atoms with E-state index in [1.54, 1.807) is 0 Å². The SMILES string of the molecule is CCC[C]=C1CCCc2ccccc21. The number of unbranched alkanes of at least 4 members (excludes halogenated alkanes) is 1. The Bertz CT molecular complexity index is 334. The average Bonchev–Trinajstić information content (AvgIpc) is 2.26. The van der Waals surface area contributed by atoms with Crippen molar-refractivity contribution in [3.8, 4) is 0 Å². The van der Waals surface area contributed by atoms with Crippen LogP contribution in [0.4, 0.5) is 0 Å². The lowest BCUT2D eigenvalue weighted by Crippen LogP contribution is -2.01. The molecular weight excluding hydrogens is 168 g/mol. The van der Waals surface area contributed by atoms with E-state index < -0.39 is 0 Å². The van der Waals surface area contributed by atoms with Crippen LogP contribution in [0.1, 0.15) is 43.7 Å². The predicted molar refractivity (Wildman–Crippen MR) is 60.9 cm³/mol. The zero-order chi connectivity index (χ0) is 9.80. The van der Waals surface area contributed by atoms with Gasteiger partial charge in [-0.1, -0.05) is 37.6 Å². The van der Waals surface area contributed by atoms with Crippen LogP contribution < -0.4 is 0 Å². The maximum absolute atomic E-state index is 3.54. The van der Waals surface area contributed by atoms with Gasteiger partial charge in [-0.2, -0.15) is 0 Å². The first-order valence-corrected chi connectivity index (χ1v) is 5.60. The van der Waals surface area contributed by atoms with Gasteiger partial charge >= 0.3 is 0 Å². The first-order chi connectivity index (χ1) is 6.92. The molecule has 0 saturated carbocycles. The molecule has 0 N–H and O–H groups in total. The van der Waals surface area contributed by atoms with E-state index in [2.05, 4.69) is 37.3 Å². The molecule has 1 aromatic carbocycles. The van der Waals surface area contributed by atoms with Gasteiger partial charge in [-0.05, 0) is 48.5 Å². The van der Waals surface area contributed by atoms with Crippen LogP contribution in [0.25, 0.3) is 5.57 Å². The normalized spacial score (nSPS) is 18.2. The van der Waals surface area contributed by atoms with Crippen molar-refractivity contribution >= 4 is 5.57 Å². The fraction of sp³-hybridized carbons (Fsp3) is 0.429. The van der Waals surface area contributed by atoms with Crippen molar-refractivity contribution in [1.29, 1.82) is 0 Å². The van der Waals surface area contributed by atoms with Crippen LogP contribution in [0.3, 0.4) is 0 Å². The molecule has 0 heteroatoms. The highest BCUT2D eigenvalue weighted by molar-refractivity contribution is 5.68. The van der Waals surface area contributed by atoms with Gasteiger partial charge in [0.1, 0.15) is 0 Å². The highest BCUT2D eigenvalue weighted by Gasteiger charge is 2.12. The van der Waals surface area contributed by atoms with Gasteiger partial charge in [0.15, 0.2) is 0 Å². The van der Waals surface area contributed by atoms with Gasteiger partial charge in [0.2, 0.25) is 0 Å². The summed E-state index contributed by atoms with van der Waals surface area (Å²) in [5.74, 6) is 0. The monoisotopic (exact) mass is 185 g/mol. The summed E-state index contributed by atoms with van der Waals surface area (Å²) in [5.41, 5.74) is 4.42. The lowest BCUT2D eigenvalue weighted by Gasteiger charge is -2.18.